The lowest BCUT2D eigenvalue weighted by atomic mass is 9.79. The topological polar surface area (TPSA) is 44.8 Å². The van der Waals surface area contributed by atoms with Gasteiger partial charge in [-0.15, -0.1) is 0 Å². The SMILES string of the molecule is COC1=C2C(=O)c3ccc(C)cc3C(OC)=C2C(OC)C=C1. The van der Waals surface area contributed by atoms with Crippen LogP contribution in [0, 0.1) is 6.92 Å². The third kappa shape index (κ3) is 1.99. The van der Waals surface area contributed by atoms with Crippen molar-refractivity contribution in [3.8, 4) is 0 Å². The fraction of sp³-hybridized carbons (Fsp3) is 0.278. The lowest BCUT2D eigenvalue weighted by molar-refractivity contribution is 0.101. The Morgan fingerprint density at radius 1 is 1.05 bits per heavy atom. The number of benzene rings is 1. The predicted molar refractivity (Wildman–Crippen MR) is 83.4 cm³/mol. The van der Waals surface area contributed by atoms with Gasteiger partial charge in [-0.25, -0.2) is 0 Å². The Kier molecular flexibility index (Phi) is 3.62. The van der Waals surface area contributed by atoms with Gasteiger partial charge in [-0.1, -0.05) is 17.7 Å². The summed E-state index contributed by atoms with van der Waals surface area (Å²) in [6.45, 7) is 1.99. The minimum Gasteiger partial charge on any atom is -0.496 e. The normalized spacial score (nSPS) is 20.0. The van der Waals surface area contributed by atoms with Crippen LogP contribution in [-0.2, 0) is 14.2 Å². The van der Waals surface area contributed by atoms with Gasteiger partial charge in [-0.2, -0.15) is 0 Å². The molecule has 0 fully saturated rings. The van der Waals surface area contributed by atoms with Crippen molar-refractivity contribution in [3.63, 3.8) is 0 Å². The molecule has 1 atom stereocenters. The van der Waals surface area contributed by atoms with Gasteiger partial charge in [-0.05, 0) is 25.1 Å². The van der Waals surface area contributed by atoms with Gasteiger partial charge in [0.05, 0.1) is 19.8 Å². The van der Waals surface area contributed by atoms with Crippen LogP contribution in [-0.4, -0.2) is 33.2 Å². The number of aryl methyl sites for hydroxylation is 1. The maximum Gasteiger partial charge on any atom is 0.198 e. The smallest absolute Gasteiger partial charge is 0.198 e. The number of ether oxygens (including phenoxy) is 3. The van der Waals surface area contributed by atoms with E-state index in [1.165, 1.54) is 0 Å². The average molecular weight is 298 g/mol. The number of rotatable bonds is 3. The average Bonchev–Trinajstić information content (AvgIpc) is 2.54. The largest absolute Gasteiger partial charge is 0.496 e. The summed E-state index contributed by atoms with van der Waals surface area (Å²) >= 11 is 0. The van der Waals surface area contributed by atoms with Crippen LogP contribution in [0.5, 0.6) is 0 Å². The fourth-order valence-electron chi connectivity index (χ4n) is 3.02. The molecule has 0 radical (unpaired) electrons. The molecule has 0 spiro atoms. The standard InChI is InChI=1S/C18H18O4/c1-10-5-6-11-12(9-10)18(22-4)16-14(21-3)8-7-13(20-2)15(16)17(11)19/h5-9,14H,1-4H3. The van der Waals surface area contributed by atoms with Gasteiger partial charge >= 0.3 is 0 Å². The summed E-state index contributed by atoms with van der Waals surface area (Å²) < 4.78 is 16.5. The Hall–Kier alpha value is -2.33. The molecule has 0 saturated heterocycles. The highest BCUT2D eigenvalue weighted by Gasteiger charge is 2.38. The van der Waals surface area contributed by atoms with Gasteiger partial charge in [0.25, 0.3) is 0 Å². The van der Waals surface area contributed by atoms with E-state index in [9.17, 15) is 4.79 Å². The van der Waals surface area contributed by atoms with Crippen molar-refractivity contribution in [2.24, 2.45) is 0 Å². The second kappa shape index (κ2) is 5.46. The molecule has 0 aliphatic heterocycles. The molecule has 0 aromatic heterocycles. The Morgan fingerprint density at radius 3 is 2.45 bits per heavy atom. The van der Waals surface area contributed by atoms with E-state index in [0.717, 1.165) is 16.7 Å². The summed E-state index contributed by atoms with van der Waals surface area (Å²) in [6.07, 6.45) is 3.31. The molecule has 2 aliphatic carbocycles. The van der Waals surface area contributed by atoms with Crippen molar-refractivity contribution in [2.45, 2.75) is 13.0 Å². The minimum absolute atomic E-state index is 0.0611. The molecule has 4 heteroatoms. The first-order valence-electron chi connectivity index (χ1n) is 7.05. The van der Waals surface area contributed by atoms with Crippen molar-refractivity contribution in [2.75, 3.05) is 21.3 Å². The number of fused-ring (bicyclic) bond motifs is 2. The number of carbonyl (C=O) groups is 1. The zero-order valence-electron chi connectivity index (χ0n) is 13.1. The molecule has 1 aromatic rings. The van der Waals surface area contributed by atoms with Gasteiger partial charge in [0.1, 0.15) is 17.6 Å². The van der Waals surface area contributed by atoms with Gasteiger partial charge in [0.15, 0.2) is 5.78 Å². The first-order valence-corrected chi connectivity index (χ1v) is 7.05. The van der Waals surface area contributed by atoms with Gasteiger partial charge in [0, 0.05) is 23.8 Å². The quantitative estimate of drug-likeness (QED) is 0.860. The summed E-state index contributed by atoms with van der Waals surface area (Å²) in [7, 11) is 4.78. The Bertz CT molecular complexity index is 737. The molecule has 2 aliphatic rings. The molecule has 0 bridgehead atoms. The molecule has 0 heterocycles. The number of methoxy groups -OCH3 is 3. The van der Waals surface area contributed by atoms with Crippen LogP contribution in [0.15, 0.2) is 47.3 Å². The Labute approximate surface area is 129 Å². The second-order valence-corrected chi connectivity index (χ2v) is 5.28. The molecule has 3 rings (SSSR count). The monoisotopic (exact) mass is 298 g/mol. The molecule has 114 valence electrons. The van der Waals surface area contributed by atoms with Crippen LogP contribution < -0.4 is 0 Å². The van der Waals surface area contributed by atoms with Crippen LogP contribution in [0.4, 0.5) is 0 Å². The zero-order valence-corrected chi connectivity index (χ0v) is 13.1. The molecular formula is C18H18O4. The number of Topliss-reactive ketones (excluding diaryl/α,β-unsaturated/α-hetero) is 1. The molecule has 4 nitrogen and oxygen atoms in total. The number of hydrogen-bond acceptors (Lipinski definition) is 4. The van der Waals surface area contributed by atoms with Crippen LogP contribution in [0.25, 0.3) is 5.76 Å². The van der Waals surface area contributed by atoms with Crippen molar-refractivity contribution >= 4 is 11.5 Å². The van der Waals surface area contributed by atoms with E-state index in [1.54, 1.807) is 27.4 Å². The maximum atomic E-state index is 12.9. The number of ketones is 1. The van der Waals surface area contributed by atoms with Crippen LogP contribution in [0.3, 0.4) is 0 Å². The van der Waals surface area contributed by atoms with E-state index in [1.807, 2.05) is 31.2 Å². The van der Waals surface area contributed by atoms with Crippen molar-refractivity contribution in [1.82, 2.24) is 0 Å². The minimum atomic E-state index is -0.332. The molecule has 1 unspecified atom stereocenters. The van der Waals surface area contributed by atoms with Gasteiger partial charge in [-0.3, -0.25) is 4.79 Å². The van der Waals surface area contributed by atoms with E-state index in [2.05, 4.69) is 0 Å². The highest BCUT2D eigenvalue weighted by Crippen LogP contribution is 2.41. The van der Waals surface area contributed by atoms with Gasteiger partial charge < -0.3 is 14.2 Å². The van der Waals surface area contributed by atoms with Gasteiger partial charge in [0.2, 0.25) is 0 Å². The van der Waals surface area contributed by atoms with Crippen LogP contribution in [0.1, 0.15) is 21.5 Å². The van der Waals surface area contributed by atoms with Crippen LogP contribution in [0.2, 0.25) is 0 Å². The molecular weight excluding hydrogens is 280 g/mol. The molecule has 22 heavy (non-hydrogen) atoms. The molecule has 0 amide bonds. The van der Waals surface area contributed by atoms with Crippen molar-refractivity contribution in [3.05, 3.63) is 63.9 Å². The molecule has 0 saturated carbocycles. The highest BCUT2D eigenvalue weighted by molar-refractivity contribution is 6.18. The Morgan fingerprint density at radius 2 is 1.82 bits per heavy atom. The fourth-order valence-corrected chi connectivity index (χ4v) is 3.02. The van der Waals surface area contributed by atoms with E-state index >= 15 is 0 Å². The number of hydrogen-bond donors (Lipinski definition) is 0. The number of carbonyl (C=O) groups excluding carboxylic acids is 1. The maximum absolute atomic E-state index is 12.9. The lowest BCUT2D eigenvalue weighted by Gasteiger charge is -2.30. The number of allylic oxidation sites excluding steroid dienone is 1. The third-order valence-electron chi connectivity index (χ3n) is 4.04. The first kappa shape index (κ1) is 14.6. The Balaban J connectivity index is 2.37. The summed E-state index contributed by atoms with van der Waals surface area (Å²) in [5, 5.41) is 0. The predicted octanol–water partition coefficient (Wildman–Crippen LogP) is 3.03. The van der Waals surface area contributed by atoms with E-state index in [-0.39, 0.29) is 11.9 Å². The van der Waals surface area contributed by atoms with E-state index < -0.39 is 0 Å². The summed E-state index contributed by atoms with van der Waals surface area (Å²) in [4.78, 5) is 12.9. The van der Waals surface area contributed by atoms with E-state index in [0.29, 0.717) is 22.7 Å². The van der Waals surface area contributed by atoms with Crippen LogP contribution >= 0.6 is 0 Å². The van der Waals surface area contributed by atoms with Crippen molar-refractivity contribution < 1.29 is 19.0 Å². The highest BCUT2D eigenvalue weighted by atomic mass is 16.5. The molecule has 0 N–H and O–H groups in total. The summed E-state index contributed by atoms with van der Waals surface area (Å²) in [5.74, 6) is 1.14. The lowest BCUT2D eigenvalue weighted by Crippen LogP contribution is -2.28. The van der Waals surface area contributed by atoms with Crippen molar-refractivity contribution in [1.29, 1.82) is 0 Å². The second-order valence-electron chi connectivity index (χ2n) is 5.28. The summed E-state index contributed by atoms with van der Waals surface area (Å²) in [5.41, 5.74) is 3.75. The third-order valence-corrected chi connectivity index (χ3v) is 4.04. The first-order chi connectivity index (χ1) is 10.6. The zero-order chi connectivity index (χ0) is 15.9. The van der Waals surface area contributed by atoms with E-state index in [4.69, 9.17) is 14.2 Å². The molecule has 1 aromatic carbocycles. The summed E-state index contributed by atoms with van der Waals surface area (Å²) in [6, 6.07) is 5.73.